The molecule has 0 atom stereocenters. The molecule has 0 spiro atoms. The van der Waals surface area contributed by atoms with Crippen molar-refractivity contribution in [3.05, 3.63) is 120 Å². The largest absolute Gasteiger partial charge is 0.748 e. The van der Waals surface area contributed by atoms with Crippen LogP contribution in [0.2, 0.25) is 0 Å². The van der Waals surface area contributed by atoms with E-state index < -0.39 is 0 Å². The Labute approximate surface area is 183 Å². The zero-order chi connectivity index (χ0) is 17.2. The third-order valence-corrected chi connectivity index (χ3v) is 4.39. The van der Waals surface area contributed by atoms with Gasteiger partial charge in [0, 0.05) is 46.3 Å². The van der Waals surface area contributed by atoms with Crippen molar-refractivity contribution in [1.29, 1.82) is 0 Å². The fraction of sp³-hybridized carbons (Fsp3) is 0.167. The number of hydrogen-bond acceptors (Lipinski definition) is 1. The summed E-state index contributed by atoms with van der Waals surface area (Å²) in [4.78, 5) is 0. The molecule has 150 valence electrons. The molecule has 0 saturated carbocycles. The Balaban J connectivity index is 0.000000253. The van der Waals surface area contributed by atoms with Crippen molar-refractivity contribution in [3.63, 3.8) is 0 Å². The van der Waals surface area contributed by atoms with Crippen LogP contribution in [0.25, 0.3) is 0 Å². The van der Waals surface area contributed by atoms with Gasteiger partial charge in [0.05, 0.1) is 0 Å². The Morgan fingerprint density at radius 3 is 1.41 bits per heavy atom. The van der Waals surface area contributed by atoms with E-state index in [0.717, 1.165) is 19.4 Å². The number of rotatable bonds is 2. The van der Waals surface area contributed by atoms with Gasteiger partial charge in [-0.15, -0.1) is 11.1 Å². The third kappa shape index (κ3) is 6.50. The molecule has 4 aromatic rings. The first-order valence-corrected chi connectivity index (χ1v) is 8.83. The Morgan fingerprint density at radius 2 is 1.11 bits per heavy atom. The third-order valence-electron chi connectivity index (χ3n) is 4.39. The Hall–Kier alpha value is -1.60. The molecule has 1 nitrogen and oxygen atoms in total. The van der Waals surface area contributed by atoms with Gasteiger partial charge in [-0.2, -0.15) is 42.5 Å². The molecule has 0 radical (unpaired) electrons. The van der Waals surface area contributed by atoms with Crippen LogP contribution in [0, 0.1) is 0 Å². The van der Waals surface area contributed by atoms with Crippen LogP contribution in [-0.2, 0) is 44.5 Å². The average molecular weight is 440 g/mol. The first kappa shape index (κ1) is 23.4. The minimum Gasteiger partial charge on any atom is -0.748 e. The second-order valence-corrected chi connectivity index (χ2v) is 6.05. The van der Waals surface area contributed by atoms with Gasteiger partial charge in [0.1, 0.15) is 0 Å². The molecular formula is C24H24Fe2O-8. The molecule has 1 saturated heterocycles. The van der Waals surface area contributed by atoms with Crippen LogP contribution in [0.4, 0.5) is 0 Å². The van der Waals surface area contributed by atoms with Crippen molar-refractivity contribution in [2.45, 2.75) is 18.4 Å². The summed E-state index contributed by atoms with van der Waals surface area (Å²) in [5.74, 6) is 0. The summed E-state index contributed by atoms with van der Waals surface area (Å²) < 4.78 is 6.03. The van der Waals surface area contributed by atoms with E-state index in [1.165, 1.54) is 11.1 Å². The first-order chi connectivity index (χ1) is 12.4. The molecule has 0 amide bonds. The molecule has 0 N–H and O–H groups in total. The van der Waals surface area contributed by atoms with E-state index in [4.69, 9.17) is 4.74 Å². The van der Waals surface area contributed by atoms with E-state index in [2.05, 4.69) is 48.5 Å². The van der Waals surface area contributed by atoms with Crippen LogP contribution in [0.15, 0.2) is 109 Å². The molecule has 1 fully saturated rings. The molecule has 1 aliphatic heterocycles. The molecule has 3 heteroatoms. The second-order valence-electron chi connectivity index (χ2n) is 6.05. The normalized spacial score (nSPS) is 13.8. The summed E-state index contributed by atoms with van der Waals surface area (Å²) in [5, 5.41) is 0. The zero-order valence-corrected chi connectivity index (χ0v) is 17.3. The van der Waals surface area contributed by atoms with Gasteiger partial charge in [-0.25, -0.2) is 36.4 Å². The van der Waals surface area contributed by atoms with Gasteiger partial charge >= 0.3 is 0 Å². The monoisotopic (exact) mass is 440 g/mol. The Kier molecular flexibility index (Phi) is 11.0. The van der Waals surface area contributed by atoms with Crippen molar-refractivity contribution in [2.75, 3.05) is 6.61 Å². The van der Waals surface area contributed by atoms with E-state index in [-0.39, 0.29) is 39.7 Å². The topological polar surface area (TPSA) is 9.23 Å². The molecule has 4 aromatic carbocycles. The summed E-state index contributed by atoms with van der Waals surface area (Å²) >= 11 is 0. The minimum absolute atomic E-state index is 0. The molecule has 0 bridgehead atoms. The second kappa shape index (κ2) is 12.7. The molecule has 5 rings (SSSR count). The minimum atomic E-state index is -0.160. The van der Waals surface area contributed by atoms with Crippen molar-refractivity contribution in [1.82, 2.24) is 0 Å². The quantitative estimate of drug-likeness (QED) is 0.275. The molecule has 27 heavy (non-hydrogen) atoms. The van der Waals surface area contributed by atoms with Crippen molar-refractivity contribution < 1.29 is 38.9 Å². The SMILES string of the molecule is [Fe].[Fe].[cH-]1[cH-][cH-][cH-][cH-]1.c1cc[c-](C2([c-]3cccc3)CCCO2)c1.c1cc[cH-]c1. The standard InChI is InChI=1S/C14H14O.2C5H5.2Fe/c1-2-7-12(6-1)14(10-5-11-15-14)13-8-3-4-9-13;2*1-2-4-5-3-1;;/h1-4,6-9H,5,10-11H2;2*1-5H;;/q-2;-5;-1;;. The van der Waals surface area contributed by atoms with Crippen molar-refractivity contribution in [2.24, 2.45) is 0 Å². The Bertz CT molecular complexity index is 648. The molecular weight excluding hydrogens is 416 g/mol. The summed E-state index contributed by atoms with van der Waals surface area (Å²) in [7, 11) is 0. The summed E-state index contributed by atoms with van der Waals surface area (Å²) in [6.07, 6.45) is 2.25. The molecule has 0 aliphatic carbocycles. The van der Waals surface area contributed by atoms with Crippen LogP contribution in [0.1, 0.15) is 24.0 Å². The van der Waals surface area contributed by atoms with Gasteiger partial charge in [-0.3, -0.25) is 0 Å². The van der Waals surface area contributed by atoms with Gasteiger partial charge in [-0.05, 0) is 12.8 Å². The van der Waals surface area contributed by atoms with Crippen molar-refractivity contribution in [3.8, 4) is 0 Å². The van der Waals surface area contributed by atoms with Crippen LogP contribution in [-0.4, -0.2) is 6.61 Å². The molecule has 1 aliphatic rings. The van der Waals surface area contributed by atoms with Gasteiger partial charge < -0.3 is 35.1 Å². The smallest absolute Gasteiger partial charge is 0.0455 e. The van der Waals surface area contributed by atoms with E-state index in [9.17, 15) is 0 Å². The number of hydrogen-bond donors (Lipinski definition) is 0. The summed E-state index contributed by atoms with van der Waals surface area (Å²) in [5.41, 5.74) is 2.44. The first-order valence-electron chi connectivity index (χ1n) is 8.83. The fourth-order valence-electron chi connectivity index (χ4n) is 3.19. The van der Waals surface area contributed by atoms with Crippen LogP contribution in [0.5, 0.6) is 0 Å². The van der Waals surface area contributed by atoms with Crippen LogP contribution < -0.4 is 0 Å². The van der Waals surface area contributed by atoms with E-state index in [0.29, 0.717) is 0 Å². The van der Waals surface area contributed by atoms with Crippen molar-refractivity contribution >= 4 is 0 Å². The fourth-order valence-corrected chi connectivity index (χ4v) is 3.19. The molecule has 1 heterocycles. The van der Waals surface area contributed by atoms with Gasteiger partial charge in [0.2, 0.25) is 0 Å². The van der Waals surface area contributed by atoms with E-state index in [1.807, 2.05) is 60.7 Å². The van der Waals surface area contributed by atoms with Gasteiger partial charge in [-0.1, -0.05) is 0 Å². The van der Waals surface area contributed by atoms with Gasteiger partial charge in [0.25, 0.3) is 0 Å². The van der Waals surface area contributed by atoms with E-state index in [1.54, 1.807) is 0 Å². The maximum Gasteiger partial charge on any atom is 0.0455 e. The Morgan fingerprint density at radius 1 is 0.667 bits per heavy atom. The van der Waals surface area contributed by atoms with E-state index >= 15 is 0 Å². The molecule has 0 aromatic heterocycles. The molecule has 0 unspecified atom stereocenters. The summed E-state index contributed by atoms with van der Waals surface area (Å²) in [6, 6.07) is 37.0. The van der Waals surface area contributed by atoms with Crippen LogP contribution >= 0.6 is 0 Å². The summed E-state index contributed by atoms with van der Waals surface area (Å²) in [6.45, 7) is 0.871. The maximum atomic E-state index is 6.03. The number of ether oxygens (including phenoxy) is 1. The van der Waals surface area contributed by atoms with Gasteiger partial charge in [0.15, 0.2) is 0 Å². The predicted molar refractivity (Wildman–Crippen MR) is 104 cm³/mol. The predicted octanol–water partition coefficient (Wildman–Crippen LogP) is 5.98. The zero-order valence-electron chi connectivity index (χ0n) is 15.1. The van der Waals surface area contributed by atoms with Crippen LogP contribution in [0.3, 0.4) is 0 Å². The average Bonchev–Trinajstić information content (AvgIpc) is 3.51. The maximum absolute atomic E-state index is 6.03.